The zero-order valence-corrected chi connectivity index (χ0v) is 17.7. The van der Waals surface area contributed by atoms with Gasteiger partial charge in [-0.2, -0.15) is 5.10 Å². The van der Waals surface area contributed by atoms with Crippen LogP contribution >= 0.6 is 11.8 Å². The predicted octanol–water partition coefficient (Wildman–Crippen LogP) is 2.45. The van der Waals surface area contributed by atoms with Crippen LogP contribution in [0.15, 0.2) is 35.5 Å². The summed E-state index contributed by atoms with van der Waals surface area (Å²) >= 11 is 1.45. The molecule has 0 atom stereocenters. The smallest absolute Gasteiger partial charge is 0.273 e. The third kappa shape index (κ3) is 4.50. The Morgan fingerprint density at radius 3 is 2.77 bits per heavy atom. The lowest BCUT2D eigenvalue weighted by atomic mass is 10.1. The minimum absolute atomic E-state index is 0.0533. The molecule has 0 radical (unpaired) electrons. The lowest BCUT2D eigenvalue weighted by Gasteiger charge is -2.16. The maximum atomic E-state index is 12.6. The van der Waals surface area contributed by atoms with E-state index in [1.807, 2.05) is 17.6 Å². The van der Waals surface area contributed by atoms with Gasteiger partial charge in [-0.05, 0) is 31.2 Å². The average molecular weight is 442 g/mol. The van der Waals surface area contributed by atoms with Gasteiger partial charge in [0.2, 0.25) is 5.91 Å². The highest BCUT2D eigenvalue weighted by atomic mass is 32.2. The third-order valence-electron chi connectivity index (χ3n) is 4.65. The molecule has 3 aromatic rings. The van der Waals surface area contributed by atoms with Crippen molar-refractivity contribution in [2.45, 2.75) is 17.7 Å². The summed E-state index contributed by atoms with van der Waals surface area (Å²) in [6.45, 7) is -2.70. The number of aromatic nitrogens is 5. The van der Waals surface area contributed by atoms with Crippen LogP contribution < -0.4 is 16.0 Å². The van der Waals surface area contributed by atoms with Crippen LogP contribution in [0.2, 0.25) is 0 Å². The first kappa shape index (κ1) is 17.2. The summed E-state index contributed by atoms with van der Waals surface area (Å²) in [6, 6.07) is 6.94. The highest BCUT2D eigenvalue weighted by Crippen LogP contribution is 2.37. The zero-order chi connectivity index (χ0) is 24.5. The first-order chi connectivity index (χ1) is 16.1. The number of aryl methyl sites for hydroxylation is 1. The minimum Gasteiger partial charge on any atom is -0.354 e. The van der Waals surface area contributed by atoms with Crippen molar-refractivity contribution < 1.29 is 13.7 Å². The van der Waals surface area contributed by atoms with E-state index in [0.717, 1.165) is 23.3 Å². The second-order valence-corrected chi connectivity index (χ2v) is 7.78. The van der Waals surface area contributed by atoms with E-state index in [1.165, 1.54) is 17.8 Å². The van der Waals surface area contributed by atoms with Crippen molar-refractivity contribution in [1.29, 1.82) is 0 Å². The van der Waals surface area contributed by atoms with Crippen LogP contribution in [0.3, 0.4) is 0 Å². The topological polar surface area (TPSA) is 127 Å². The van der Waals surface area contributed by atoms with Gasteiger partial charge in [0.25, 0.3) is 5.91 Å². The Labute approximate surface area is 187 Å². The van der Waals surface area contributed by atoms with E-state index in [9.17, 15) is 9.59 Å². The van der Waals surface area contributed by atoms with Crippen LogP contribution in [0.1, 0.15) is 27.4 Å². The van der Waals surface area contributed by atoms with E-state index in [0.29, 0.717) is 11.5 Å². The van der Waals surface area contributed by atoms with Gasteiger partial charge in [0, 0.05) is 40.6 Å². The molecule has 31 heavy (non-hydrogen) atoms. The van der Waals surface area contributed by atoms with Crippen molar-refractivity contribution in [2.24, 2.45) is 13.0 Å². The molecule has 0 saturated heterocycles. The second-order valence-electron chi connectivity index (χ2n) is 6.96. The van der Waals surface area contributed by atoms with E-state index in [2.05, 4.69) is 30.9 Å². The quantitative estimate of drug-likeness (QED) is 0.477. The summed E-state index contributed by atoms with van der Waals surface area (Å²) in [5.41, 5.74) is 1.35. The third-order valence-corrected chi connectivity index (χ3v) is 5.50. The molecule has 3 N–H and O–H groups in total. The number of carbonyl (C=O) groups is 2. The van der Waals surface area contributed by atoms with Gasteiger partial charge in [0.1, 0.15) is 6.33 Å². The average Bonchev–Trinajstić information content (AvgIpc) is 3.53. The molecule has 1 aromatic carbocycles. The van der Waals surface area contributed by atoms with Crippen molar-refractivity contribution in [2.75, 3.05) is 23.9 Å². The Morgan fingerprint density at radius 1 is 1.26 bits per heavy atom. The highest BCUT2D eigenvalue weighted by Gasteiger charge is 2.30. The lowest BCUT2D eigenvalue weighted by Crippen LogP contribution is -2.22. The Kier molecular flexibility index (Phi) is 4.85. The maximum absolute atomic E-state index is 12.6. The number of rotatable bonds is 7. The fourth-order valence-corrected chi connectivity index (χ4v) is 3.71. The van der Waals surface area contributed by atoms with E-state index in [4.69, 9.17) is 4.11 Å². The van der Waals surface area contributed by atoms with E-state index in [-0.39, 0.29) is 29.0 Å². The first-order valence-electron chi connectivity index (χ1n) is 11.0. The number of hydrogen-bond acceptors (Lipinski definition) is 8. The van der Waals surface area contributed by atoms with Gasteiger partial charge in [-0.1, -0.05) is 6.07 Å². The van der Waals surface area contributed by atoms with Crippen LogP contribution in [0.4, 0.5) is 17.2 Å². The minimum atomic E-state index is -2.70. The van der Waals surface area contributed by atoms with Gasteiger partial charge in [-0.25, -0.2) is 4.98 Å². The molecule has 2 aromatic heterocycles. The Bertz CT molecular complexity index is 1240. The monoisotopic (exact) mass is 441 g/mol. The SMILES string of the molecule is [2H]C([2H])([2H])NC(=O)c1nnc(NC(=O)C2CC2)cc1Nc1cccc(-c2ncn(C)n2)c1SC. The fraction of sp³-hybridized carbons (Fsp3) is 0.300. The van der Waals surface area contributed by atoms with Gasteiger partial charge < -0.3 is 16.0 Å². The number of benzene rings is 1. The molecule has 2 heterocycles. The van der Waals surface area contributed by atoms with Crippen LogP contribution in [0, 0.1) is 5.92 Å². The van der Waals surface area contributed by atoms with Gasteiger partial charge in [0.15, 0.2) is 17.3 Å². The zero-order valence-electron chi connectivity index (χ0n) is 19.8. The van der Waals surface area contributed by atoms with Crippen molar-refractivity contribution in [1.82, 2.24) is 30.3 Å². The molecule has 0 aliphatic heterocycles. The summed E-state index contributed by atoms with van der Waals surface area (Å²) in [7, 11) is 1.77. The largest absolute Gasteiger partial charge is 0.354 e. The van der Waals surface area contributed by atoms with Gasteiger partial charge >= 0.3 is 0 Å². The summed E-state index contributed by atoms with van der Waals surface area (Å²) in [4.78, 5) is 29.9. The maximum Gasteiger partial charge on any atom is 0.273 e. The van der Waals surface area contributed by atoms with Crippen LogP contribution in [-0.4, -0.2) is 50.0 Å². The molecule has 4 rings (SSSR count). The number of amides is 2. The molecular formula is C20H22N8O2S. The number of nitrogens with zero attached hydrogens (tertiary/aromatic N) is 5. The molecule has 0 spiro atoms. The van der Waals surface area contributed by atoms with E-state index < -0.39 is 12.9 Å². The Morgan fingerprint density at radius 2 is 2.10 bits per heavy atom. The number of anilines is 3. The summed E-state index contributed by atoms with van der Waals surface area (Å²) in [5.74, 6) is -0.474. The van der Waals surface area contributed by atoms with Gasteiger partial charge in [0.05, 0.1) is 11.4 Å². The van der Waals surface area contributed by atoms with Crippen molar-refractivity contribution >= 4 is 40.8 Å². The summed E-state index contributed by atoms with van der Waals surface area (Å²) in [5, 5.41) is 19.9. The molecule has 2 amide bonds. The molecule has 1 fully saturated rings. The summed E-state index contributed by atoms with van der Waals surface area (Å²) in [6.07, 6.45) is 5.11. The molecule has 1 aliphatic carbocycles. The standard InChI is InChI=1S/C20H22N8O2S/c1-21-20(30)16-14(9-15(25-26-16)24-19(29)11-7-8-11)23-13-6-4-5-12(17(13)31-3)18-22-10-28(2)27-18/h4-6,9-11H,7-8H2,1-3H3,(H,21,30)(H2,23,24,25,29)/i1D3. The summed E-state index contributed by atoms with van der Waals surface area (Å²) < 4.78 is 23.6. The van der Waals surface area contributed by atoms with Crippen molar-refractivity contribution in [3.05, 3.63) is 36.3 Å². The molecule has 10 nitrogen and oxygen atoms in total. The molecule has 160 valence electrons. The van der Waals surface area contributed by atoms with Crippen molar-refractivity contribution in [3.8, 4) is 11.4 Å². The second kappa shape index (κ2) is 8.72. The normalized spacial score (nSPS) is 14.8. The van der Waals surface area contributed by atoms with E-state index >= 15 is 0 Å². The number of hydrogen-bond donors (Lipinski definition) is 3. The van der Waals surface area contributed by atoms with Gasteiger partial charge in [-0.15, -0.1) is 22.0 Å². The number of carbonyl (C=O) groups excluding carboxylic acids is 2. The number of nitrogens with one attached hydrogen (secondary N) is 3. The molecule has 1 saturated carbocycles. The van der Waals surface area contributed by atoms with Crippen LogP contribution in [0.5, 0.6) is 0 Å². The van der Waals surface area contributed by atoms with Crippen LogP contribution in [0.25, 0.3) is 11.4 Å². The van der Waals surface area contributed by atoms with E-state index in [1.54, 1.807) is 30.2 Å². The fourth-order valence-electron chi connectivity index (χ4n) is 2.99. The molecule has 0 unspecified atom stereocenters. The molecule has 0 bridgehead atoms. The predicted molar refractivity (Wildman–Crippen MR) is 118 cm³/mol. The van der Waals surface area contributed by atoms with Crippen molar-refractivity contribution in [3.63, 3.8) is 0 Å². The molecule has 11 heteroatoms. The lowest BCUT2D eigenvalue weighted by molar-refractivity contribution is -0.117. The molecular weight excluding hydrogens is 416 g/mol. The van der Waals surface area contributed by atoms with Crippen LogP contribution in [-0.2, 0) is 11.8 Å². The Hall–Kier alpha value is -3.47. The van der Waals surface area contributed by atoms with Gasteiger partial charge in [-0.3, -0.25) is 14.3 Å². The Balaban J connectivity index is 1.72. The molecule has 1 aliphatic rings. The number of thioether (sulfide) groups is 1. The first-order valence-corrected chi connectivity index (χ1v) is 10.7. The highest BCUT2D eigenvalue weighted by molar-refractivity contribution is 7.98.